The molecule has 0 saturated carbocycles. The summed E-state index contributed by atoms with van der Waals surface area (Å²) in [6.45, 7) is 2.40. The van der Waals surface area contributed by atoms with E-state index < -0.39 is 21.4 Å². The summed E-state index contributed by atoms with van der Waals surface area (Å²) < 4.78 is 27.1. The molecule has 0 radical (unpaired) electrons. The van der Waals surface area contributed by atoms with Crippen LogP contribution < -0.4 is 10.7 Å². The summed E-state index contributed by atoms with van der Waals surface area (Å²) in [5, 5.41) is 2.88. The van der Waals surface area contributed by atoms with E-state index in [0.717, 1.165) is 4.88 Å². The van der Waals surface area contributed by atoms with Gasteiger partial charge >= 0.3 is 0 Å². The maximum absolute atomic E-state index is 12.7. The van der Waals surface area contributed by atoms with E-state index >= 15 is 0 Å². The maximum atomic E-state index is 12.7. The van der Waals surface area contributed by atoms with Gasteiger partial charge in [-0.2, -0.15) is 4.31 Å². The number of sulfonamides is 1. The first-order valence-corrected chi connectivity index (χ1v) is 12.3. The van der Waals surface area contributed by atoms with Gasteiger partial charge in [-0.05, 0) is 31.2 Å². The van der Waals surface area contributed by atoms with Crippen molar-refractivity contribution in [1.29, 1.82) is 0 Å². The molecule has 3 heterocycles. The van der Waals surface area contributed by atoms with E-state index in [1.165, 1.54) is 26.7 Å². The Morgan fingerprint density at radius 2 is 1.81 bits per heavy atom. The van der Waals surface area contributed by atoms with Crippen LogP contribution in [0.4, 0.5) is 0 Å². The highest BCUT2D eigenvalue weighted by Gasteiger charge is 2.31. The number of aromatic nitrogens is 1. The SMILES string of the molecule is Cc1ccc(S(=O)(=O)N2CCN(C(=O)CNC(=O)c3c[nH]c4ccccc4c3=O)CC2)s1. The molecule has 1 saturated heterocycles. The van der Waals surface area contributed by atoms with E-state index in [1.807, 2.05) is 6.92 Å². The van der Waals surface area contributed by atoms with Crippen molar-refractivity contribution in [2.75, 3.05) is 32.7 Å². The molecule has 0 atom stereocenters. The number of aromatic amines is 1. The van der Waals surface area contributed by atoms with Gasteiger partial charge in [-0.1, -0.05) is 12.1 Å². The van der Waals surface area contributed by atoms with Gasteiger partial charge in [0.2, 0.25) is 11.3 Å². The highest BCUT2D eigenvalue weighted by molar-refractivity contribution is 7.91. The number of hydrogen-bond donors (Lipinski definition) is 2. The number of para-hydroxylation sites is 1. The number of pyridine rings is 1. The van der Waals surface area contributed by atoms with Gasteiger partial charge in [-0.15, -0.1) is 11.3 Å². The lowest BCUT2D eigenvalue weighted by Gasteiger charge is -2.33. The number of benzene rings is 1. The molecule has 0 bridgehead atoms. The molecule has 2 N–H and O–H groups in total. The number of nitrogens with zero attached hydrogens (tertiary/aromatic N) is 2. The maximum Gasteiger partial charge on any atom is 0.257 e. The van der Waals surface area contributed by atoms with Gasteiger partial charge in [0, 0.05) is 48.2 Å². The van der Waals surface area contributed by atoms with E-state index in [2.05, 4.69) is 10.3 Å². The predicted octanol–water partition coefficient (Wildman–Crippen LogP) is 1.16. The van der Waals surface area contributed by atoms with Crippen LogP contribution in [0.25, 0.3) is 10.9 Å². The summed E-state index contributed by atoms with van der Waals surface area (Å²) in [6, 6.07) is 10.2. The second-order valence-corrected chi connectivity index (χ2v) is 10.9. The van der Waals surface area contributed by atoms with Gasteiger partial charge in [0.25, 0.3) is 15.9 Å². The van der Waals surface area contributed by atoms with Crippen molar-refractivity contribution in [3.05, 3.63) is 63.3 Å². The number of H-pyrrole nitrogens is 1. The Labute approximate surface area is 188 Å². The summed E-state index contributed by atoms with van der Waals surface area (Å²) in [5.74, 6) is -0.973. The van der Waals surface area contributed by atoms with Crippen molar-refractivity contribution in [2.45, 2.75) is 11.1 Å². The number of carbonyl (C=O) groups excluding carboxylic acids is 2. The Balaban J connectivity index is 1.34. The van der Waals surface area contributed by atoms with Gasteiger partial charge in [0.15, 0.2) is 0 Å². The fourth-order valence-electron chi connectivity index (χ4n) is 3.55. The molecular weight excluding hydrogens is 452 g/mol. The van der Waals surface area contributed by atoms with Gasteiger partial charge in [-0.3, -0.25) is 14.4 Å². The monoisotopic (exact) mass is 474 g/mol. The second-order valence-electron chi connectivity index (χ2n) is 7.41. The minimum absolute atomic E-state index is 0.0707. The Bertz CT molecular complexity index is 1340. The average Bonchev–Trinajstić information content (AvgIpc) is 3.25. The van der Waals surface area contributed by atoms with Crippen LogP contribution >= 0.6 is 11.3 Å². The van der Waals surface area contributed by atoms with Crippen LogP contribution in [0.15, 0.2) is 51.6 Å². The molecule has 2 aromatic heterocycles. The quantitative estimate of drug-likeness (QED) is 0.575. The molecule has 0 unspecified atom stereocenters. The van der Waals surface area contributed by atoms with Crippen molar-refractivity contribution in [1.82, 2.24) is 19.5 Å². The largest absolute Gasteiger partial charge is 0.360 e. The number of fused-ring (bicyclic) bond motifs is 1. The zero-order chi connectivity index (χ0) is 22.9. The Morgan fingerprint density at radius 3 is 2.50 bits per heavy atom. The van der Waals surface area contributed by atoms with Crippen LogP contribution in [0.3, 0.4) is 0 Å². The van der Waals surface area contributed by atoms with E-state index in [4.69, 9.17) is 0 Å². The topological polar surface area (TPSA) is 120 Å². The first-order valence-electron chi connectivity index (χ1n) is 10.0. The molecule has 4 rings (SSSR count). The third kappa shape index (κ3) is 4.31. The van der Waals surface area contributed by atoms with Crippen LogP contribution in [-0.4, -0.2) is 67.1 Å². The van der Waals surface area contributed by atoms with Gasteiger partial charge in [0.05, 0.1) is 6.54 Å². The van der Waals surface area contributed by atoms with E-state index in [-0.39, 0.29) is 44.2 Å². The normalized spacial score (nSPS) is 15.1. The van der Waals surface area contributed by atoms with Gasteiger partial charge in [0.1, 0.15) is 9.77 Å². The molecule has 3 aromatic rings. The molecular formula is C21H22N4O5S2. The van der Waals surface area contributed by atoms with Crippen LogP contribution in [0.2, 0.25) is 0 Å². The lowest BCUT2D eigenvalue weighted by molar-refractivity contribution is -0.131. The molecule has 0 spiro atoms. The fraction of sp³-hybridized carbons (Fsp3) is 0.286. The smallest absolute Gasteiger partial charge is 0.257 e. The van der Waals surface area contributed by atoms with Crippen molar-refractivity contribution in [2.24, 2.45) is 0 Å². The molecule has 2 amide bonds. The molecule has 11 heteroatoms. The summed E-state index contributed by atoms with van der Waals surface area (Å²) >= 11 is 1.22. The Morgan fingerprint density at radius 1 is 1.09 bits per heavy atom. The molecule has 9 nitrogen and oxygen atoms in total. The lowest BCUT2D eigenvalue weighted by atomic mass is 10.1. The van der Waals surface area contributed by atoms with Crippen molar-refractivity contribution in [3.8, 4) is 0 Å². The number of thiophene rings is 1. The number of rotatable bonds is 5. The number of hydrogen-bond acceptors (Lipinski definition) is 6. The molecule has 1 aliphatic heterocycles. The first-order chi connectivity index (χ1) is 15.3. The number of piperazine rings is 1. The van der Waals surface area contributed by atoms with E-state index in [0.29, 0.717) is 15.1 Å². The lowest BCUT2D eigenvalue weighted by Crippen LogP contribution is -2.52. The number of carbonyl (C=O) groups is 2. The molecule has 32 heavy (non-hydrogen) atoms. The minimum atomic E-state index is -3.57. The van der Waals surface area contributed by atoms with Crippen LogP contribution in [0.1, 0.15) is 15.2 Å². The summed E-state index contributed by atoms with van der Waals surface area (Å²) in [5.41, 5.74) is 0.140. The van der Waals surface area contributed by atoms with Crippen molar-refractivity contribution < 1.29 is 18.0 Å². The molecule has 1 fully saturated rings. The van der Waals surface area contributed by atoms with Crippen LogP contribution in [-0.2, 0) is 14.8 Å². The fourth-order valence-corrected chi connectivity index (χ4v) is 6.41. The number of aryl methyl sites for hydroxylation is 1. The summed E-state index contributed by atoms with van der Waals surface area (Å²) in [7, 11) is -3.57. The highest BCUT2D eigenvalue weighted by Crippen LogP contribution is 2.25. The van der Waals surface area contributed by atoms with Gasteiger partial charge < -0.3 is 15.2 Å². The zero-order valence-corrected chi connectivity index (χ0v) is 19.0. The number of nitrogens with one attached hydrogen (secondary N) is 2. The molecule has 168 valence electrons. The van der Waals surface area contributed by atoms with Gasteiger partial charge in [-0.25, -0.2) is 8.42 Å². The zero-order valence-electron chi connectivity index (χ0n) is 17.3. The first kappa shape index (κ1) is 22.2. The average molecular weight is 475 g/mol. The molecule has 1 aliphatic rings. The Hall–Kier alpha value is -3.02. The van der Waals surface area contributed by atoms with E-state index in [9.17, 15) is 22.8 Å². The minimum Gasteiger partial charge on any atom is -0.360 e. The number of amides is 2. The highest BCUT2D eigenvalue weighted by atomic mass is 32.2. The third-order valence-corrected chi connectivity index (χ3v) is 8.70. The molecule has 1 aromatic carbocycles. The summed E-state index contributed by atoms with van der Waals surface area (Å²) in [6.07, 6.45) is 1.33. The van der Waals surface area contributed by atoms with Crippen molar-refractivity contribution in [3.63, 3.8) is 0 Å². The third-order valence-electron chi connectivity index (χ3n) is 5.33. The predicted molar refractivity (Wildman–Crippen MR) is 121 cm³/mol. The van der Waals surface area contributed by atoms with Crippen LogP contribution in [0.5, 0.6) is 0 Å². The van der Waals surface area contributed by atoms with Crippen molar-refractivity contribution >= 4 is 44.1 Å². The van der Waals surface area contributed by atoms with E-state index in [1.54, 1.807) is 36.4 Å². The Kier molecular flexibility index (Phi) is 6.13. The van der Waals surface area contributed by atoms with Crippen LogP contribution in [0, 0.1) is 6.92 Å². The summed E-state index contributed by atoms with van der Waals surface area (Å²) in [4.78, 5) is 42.8. The standard InChI is InChI=1S/C21H22N4O5S2/c1-14-6-7-19(31-14)32(29,30)25-10-8-24(9-11-25)18(26)13-23-21(28)16-12-22-17-5-3-2-4-15(17)20(16)27/h2-7,12H,8-11,13H2,1H3,(H,22,27)(H,23,28). The molecule has 0 aliphatic carbocycles. The second kappa shape index (κ2) is 8.85.